The van der Waals surface area contributed by atoms with Crippen LogP contribution in [0.15, 0.2) is 152 Å². The van der Waals surface area contributed by atoms with E-state index in [4.69, 9.17) is 0 Å². The van der Waals surface area contributed by atoms with Crippen LogP contribution in [0.5, 0.6) is 0 Å². The maximum atomic E-state index is 10.0. The molecule has 2 aromatic heterocycles. The van der Waals surface area contributed by atoms with Gasteiger partial charge in [0.25, 0.3) is 0 Å². The number of para-hydroxylation sites is 3. The number of benzene rings is 7. The molecule has 0 aliphatic heterocycles. The summed E-state index contributed by atoms with van der Waals surface area (Å²) in [4.78, 5) is 0. The van der Waals surface area contributed by atoms with E-state index < -0.39 is 0 Å². The van der Waals surface area contributed by atoms with Crippen LogP contribution in [0.4, 0.5) is 0 Å². The summed E-state index contributed by atoms with van der Waals surface area (Å²) in [6.07, 6.45) is 0. The minimum absolute atomic E-state index is 0.558. The number of aromatic nitrogens is 2. The third-order valence-corrected chi connectivity index (χ3v) is 9.60. The Bertz CT molecular complexity index is 2920. The van der Waals surface area contributed by atoms with Crippen LogP contribution in [0.25, 0.3) is 77.2 Å². The highest BCUT2D eigenvalue weighted by molar-refractivity contribution is 6.11. The smallest absolute Gasteiger partial charge is 0.0992 e. The highest BCUT2D eigenvalue weighted by atomic mass is 15.0. The van der Waals surface area contributed by atoms with Gasteiger partial charge in [0.05, 0.1) is 62.7 Å². The van der Waals surface area contributed by atoms with Gasteiger partial charge in [0.1, 0.15) is 0 Å². The lowest BCUT2D eigenvalue weighted by molar-refractivity contribution is 1.18. The predicted molar refractivity (Wildman–Crippen MR) is 200 cm³/mol. The molecule has 0 spiro atoms. The van der Waals surface area contributed by atoms with Crippen LogP contribution in [-0.4, -0.2) is 9.13 Å². The van der Waals surface area contributed by atoms with E-state index in [-0.39, 0.29) is 0 Å². The lowest BCUT2D eigenvalue weighted by atomic mass is 9.91. The van der Waals surface area contributed by atoms with Crippen LogP contribution in [-0.2, 0) is 0 Å². The van der Waals surface area contributed by atoms with Crippen molar-refractivity contribution in [1.82, 2.24) is 9.13 Å². The van der Waals surface area contributed by atoms with Crippen molar-refractivity contribution >= 4 is 43.6 Å². The second-order valence-electron chi connectivity index (χ2n) is 12.3. The topological polar surface area (TPSA) is 81.2 Å². The Labute approximate surface area is 287 Å². The molecule has 0 atom stereocenters. The highest BCUT2D eigenvalue weighted by Crippen LogP contribution is 2.41. The van der Waals surface area contributed by atoms with Gasteiger partial charge in [-0.25, -0.2) is 0 Å². The molecule has 0 saturated heterocycles. The van der Waals surface area contributed by atoms with E-state index in [1.165, 1.54) is 0 Å². The van der Waals surface area contributed by atoms with Crippen molar-refractivity contribution in [1.29, 1.82) is 15.8 Å². The molecule has 7 aromatic carbocycles. The molecule has 0 bridgehead atoms. The summed E-state index contributed by atoms with van der Waals surface area (Å²) in [6, 6.07) is 57.8. The molecular weight excluding hydrogens is 611 g/mol. The number of nitriles is 3. The SMILES string of the molecule is N#Cc1ccc(-c2ccc(C#N)cc2-n2c3ccccc3c3ccccc32)c(-c2cccc(-n3c4ccccc4c4cc(C#N)ccc43)c2)c1. The second kappa shape index (κ2) is 11.4. The third-order valence-electron chi connectivity index (χ3n) is 9.60. The molecule has 0 fully saturated rings. The number of hydrogen-bond donors (Lipinski definition) is 0. The van der Waals surface area contributed by atoms with E-state index in [1.54, 1.807) is 0 Å². The number of nitrogens with zero attached hydrogens (tertiary/aromatic N) is 5. The Morgan fingerprint density at radius 1 is 0.360 bits per heavy atom. The van der Waals surface area contributed by atoms with E-state index in [9.17, 15) is 15.8 Å². The van der Waals surface area contributed by atoms with E-state index in [1.807, 2.05) is 84.9 Å². The normalized spacial score (nSPS) is 11.1. The molecule has 5 nitrogen and oxygen atoms in total. The summed E-state index contributed by atoms with van der Waals surface area (Å²) >= 11 is 0. The number of rotatable bonds is 4. The van der Waals surface area contributed by atoms with Gasteiger partial charge in [0.15, 0.2) is 0 Å². The zero-order chi connectivity index (χ0) is 33.8. The molecule has 9 aromatic rings. The summed E-state index contributed by atoms with van der Waals surface area (Å²) in [5, 5.41) is 34.1. The fourth-order valence-corrected chi connectivity index (χ4v) is 7.42. The van der Waals surface area contributed by atoms with Crippen LogP contribution in [0.2, 0.25) is 0 Å². The van der Waals surface area contributed by atoms with Crippen molar-refractivity contribution < 1.29 is 0 Å². The van der Waals surface area contributed by atoms with Gasteiger partial charge in [0, 0.05) is 32.8 Å². The second-order valence-corrected chi connectivity index (χ2v) is 12.3. The van der Waals surface area contributed by atoms with Gasteiger partial charge in [-0.3, -0.25) is 0 Å². The van der Waals surface area contributed by atoms with Crippen molar-refractivity contribution in [2.24, 2.45) is 0 Å². The molecule has 0 N–H and O–H groups in total. The zero-order valence-electron chi connectivity index (χ0n) is 26.7. The molecule has 0 saturated carbocycles. The van der Waals surface area contributed by atoms with E-state index in [0.717, 1.165) is 77.2 Å². The highest BCUT2D eigenvalue weighted by Gasteiger charge is 2.20. The Morgan fingerprint density at radius 3 is 1.54 bits per heavy atom. The van der Waals surface area contributed by atoms with Crippen molar-refractivity contribution in [3.05, 3.63) is 168 Å². The van der Waals surface area contributed by atoms with Crippen LogP contribution >= 0.6 is 0 Å². The zero-order valence-corrected chi connectivity index (χ0v) is 26.7. The van der Waals surface area contributed by atoms with Crippen molar-refractivity contribution in [2.45, 2.75) is 0 Å². The first-order chi connectivity index (χ1) is 24.7. The van der Waals surface area contributed by atoms with Gasteiger partial charge in [-0.05, 0) is 89.5 Å². The Morgan fingerprint density at radius 2 is 0.880 bits per heavy atom. The molecule has 0 aliphatic carbocycles. The number of hydrogen-bond acceptors (Lipinski definition) is 3. The molecule has 50 heavy (non-hydrogen) atoms. The minimum Gasteiger partial charge on any atom is -0.309 e. The first-order valence-electron chi connectivity index (χ1n) is 16.3. The predicted octanol–water partition coefficient (Wildman–Crippen LogP) is 10.8. The maximum absolute atomic E-state index is 10.0. The minimum atomic E-state index is 0.558. The summed E-state index contributed by atoms with van der Waals surface area (Å²) in [7, 11) is 0. The molecule has 0 amide bonds. The summed E-state index contributed by atoms with van der Waals surface area (Å²) in [5.74, 6) is 0. The van der Waals surface area contributed by atoms with Crippen LogP contribution in [0.3, 0.4) is 0 Å². The molecular formula is C45H25N5. The molecule has 0 radical (unpaired) electrons. The van der Waals surface area contributed by atoms with Crippen LogP contribution in [0.1, 0.15) is 16.7 Å². The van der Waals surface area contributed by atoms with Gasteiger partial charge in [0.2, 0.25) is 0 Å². The van der Waals surface area contributed by atoms with E-state index >= 15 is 0 Å². The molecule has 230 valence electrons. The Kier molecular flexibility index (Phi) is 6.56. The van der Waals surface area contributed by atoms with Crippen molar-refractivity contribution in [2.75, 3.05) is 0 Å². The average Bonchev–Trinajstić information content (AvgIpc) is 3.70. The summed E-state index contributed by atoms with van der Waals surface area (Å²) < 4.78 is 4.47. The van der Waals surface area contributed by atoms with Gasteiger partial charge in [-0.2, -0.15) is 15.8 Å². The fourth-order valence-electron chi connectivity index (χ4n) is 7.42. The number of fused-ring (bicyclic) bond motifs is 6. The maximum Gasteiger partial charge on any atom is 0.0992 e. The molecule has 9 rings (SSSR count). The fraction of sp³-hybridized carbons (Fsp3) is 0. The quantitative estimate of drug-likeness (QED) is 0.193. The first kappa shape index (κ1) is 28.8. The van der Waals surface area contributed by atoms with Gasteiger partial charge in [-0.1, -0.05) is 78.9 Å². The standard InChI is InChI=1S/C45H25N5/c46-26-29-16-19-34(38-20-17-31(28-48)24-45(38)50-42-14-5-1-10-35(42)36-11-2-6-15-43(36)50)39(22-29)32-8-7-9-33(25-32)49-41-13-4-3-12-37(41)40-23-30(27-47)18-21-44(40)49/h1-25H. The lowest BCUT2D eigenvalue weighted by Crippen LogP contribution is -2.00. The van der Waals surface area contributed by atoms with Crippen molar-refractivity contribution in [3.63, 3.8) is 0 Å². The monoisotopic (exact) mass is 635 g/mol. The molecule has 5 heteroatoms. The molecule has 0 unspecified atom stereocenters. The van der Waals surface area contributed by atoms with Crippen LogP contribution < -0.4 is 0 Å². The first-order valence-corrected chi connectivity index (χ1v) is 16.3. The lowest BCUT2D eigenvalue weighted by Gasteiger charge is -2.18. The molecule has 2 heterocycles. The Hall–Kier alpha value is -7.39. The largest absolute Gasteiger partial charge is 0.309 e. The van der Waals surface area contributed by atoms with Crippen molar-refractivity contribution in [3.8, 4) is 51.8 Å². The van der Waals surface area contributed by atoms with Gasteiger partial charge in [-0.15, -0.1) is 0 Å². The summed E-state index contributed by atoms with van der Waals surface area (Å²) in [6.45, 7) is 0. The van der Waals surface area contributed by atoms with Gasteiger partial charge >= 0.3 is 0 Å². The Balaban J connectivity index is 1.30. The average molecular weight is 636 g/mol. The van der Waals surface area contributed by atoms with E-state index in [2.05, 4.69) is 94.1 Å². The summed E-state index contributed by atoms with van der Waals surface area (Å²) in [5.41, 5.74) is 11.5. The van der Waals surface area contributed by atoms with Gasteiger partial charge < -0.3 is 9.13 Å². The van der Waals surface area contributed by atoms with E-state index in [0.29, 0.717) is 16.7 Å². The third kappa shape index (κ3) is 4.38. The van der Waals surface area contributed by atoms with Crippen LogP contribution in [0, 0.1) is 34.0 Å². The molecule has 0 aliphatic rings.